The zero-order valence-corrected chi connectivity index (χ0v) is 15.1. The highest BCUT2D eigenvalue weighted by Gasteiger charge is 2.12. The highest BCUT2D eigenvalue weighted by atomic mass is 32.2. The van der Waals surface area contributed by atoms with Gasteiger partial charge in [-0.1, -0.05) is 36.0 Å². The fourth-order valence-corrected chi connectivity index (χ4v) is 3.81. The first kappa shape index (κ1) is 17.4. The van der Waals surface area contributed by atoms with Crippen molar-refractivity contribution in [3.63, 3.8) is 0 Å². The summed E-state index contributed by atoms with van der Waals surface area (Å²) in [6.45, 7) is 4.57. The number of para-hydroxylation sites is 1. The van der Waals surface area contributed by atoms with Gasteiger partial charge >= 0.3 is 0 Å². The van der Waals surface area contributed by atoms with Crippen molar-refractivity contribution in [1.82, 2.24) is 14.9 Å². The molecule has 2 aromatic heterocycles. The number of amides is 1. The Bertz CT molecular complexity index is 949. The van der Waals surface area contributed by atoms with Crippen LogP contribution in [-0.2, 0) is 17.9 Å². The maximum atomic E-state index is 12.6. The Labute approximate surface area is 153 Å². The molecule has 0 saturated carbocycles. The minimum Gasteiger partial charge on any atom is -0.350 e. The Balaban J connectivity index is 1.75. The summed E-state index contributed by atoms with van der Waals surface area (Å²) in [7, 11) is 0. The molecule has 0 radical (unpaired) electrons. The molecule has 2 heterocycles. The molecule has 0 atom stereocenters. The van der Waals surface area contributed by atoms with Crippen LogP contribution < -0.4 is 10.9 Å². The van der Waals surface area contributed by atoms with E-state index in [2.05, 4.69) is 16.9 Å². The second kappa shape index (κ2) is 8.13. The van der Waals surface area contributed by atoms with Crippen LogP contribution in [0.15, 0.2) is 64.4 Å². The maximum absolute atomic E-state index is 12.6. The molecule has 0 aliphatic carbocycles. The number of allylic oxidation sites excluding steroid dienone is 1. The van der Waals surface area contributed by atoms with Crippen molar-refractivity contribution in [2.24, 2.45) is 0 Å². The lowest BCUT2D eigenvalue weighted by molar-refractivity contribution is -0.118. The number of thioether (sulfide) groups is 1. The van der Waals surface area contributed by atoms with Gasteiger partial charge in [-0.3, -0.25) is 14.2 Å². The molecule has 0 fully saturated rings. The van der Waals surface area contributed by atoms with E-state index in [1.807, 2.05) is 29.6 Å². The number of carbonyl (C=O) groups is 1. The summed E-state index contributed by atoms with van der Waals surface area (Å²) in [4.78, 5) is 30.3. The van der Waals surface area contributed by atoms with E-state index in [1.165, 1.54) is 11.8 Å². The highest BCUT2D eigenvalue weighted by Crippen LogP contribution is 2.18. The molecule has 1 N–H and O–H groups in total. The normalized spacial score (nSPS) is 10.7. The third-order valence-electron chi connectivity index (χ3n) is 3.51. The van der Waals surface area contributed by atoms with E-state index in [-0.39, 0.29) is 17.2 Å². The van der Waals surface area contributed by atoms with Crippen LogP contribution >= 0.6 is 23.1 Å². The molecule has 128 valence electrons. The average Bonchev–Trinajstić information content (AvgIpc) is 3.14. The maximum Gasteiger partial charge on any atom is 0.262 e. The van der Waals surface area contributed by atoms with Gasteiger partial charge in [-0.25, -0.2) is 4.98 Å². The monoisotopic (exact) mass is 371 g/mol. The van der Waals surface area contributed by atoms with Crippen LogP contribution in [0.1, 0.15) is 4.88 Å². The molecule has 0 aliphatic rings. The van der Waals surface area contributed by atoms with Gasteiger partial charge in [0.1, 0.15) is 0 Å². The zero-order valence-electron chi connectivity index (χ0n) is 13.5. The lowest BCUT2D eigenvalue weighted by Crippen LogP contribution is -2.26. The number of nitrogens with zero attached hydrogens (tertiary/aromatic N) is 2. The van der Waals surface area contributed by atoms with Crippen LogP contribution in [0.3, 0.4) is 0 Å². The fourth-order valence-electron chi connectivity index (χ4n) is 2.33. The predicted molar refractivity (Wildman–Crippen MR) is 103 cm³/mol. The first-order chi connectivity index (χ1) is 12.2. The van der Waals surface area contributed by atoms with Gasteiger partial charge < -0.3 is 5.32 Å². The third kappa shape index (κ3) is 4.18. The average molecular weight is 371 g/mol. The van der Waals surface area contributed by atoms with Crippen molar-refractivity contribution >= 4 is 39.9 Å². The lowest BCUT2D eigenvalue weighted by Gasteiger charge is -2.11. The predicted octanol–water partition coefficient (Wildman–Crippen LogP) is 3.05. The van der Waals surface area contributed by atoms with Gasteiger partial charge in [-0.05, 0) is 23.6 Å². The van der Waals surface area contributed by atoms with E-state index in [4.69, 9.17) is 0 Å². The molecule has 0 bridgehead atoms. The minimum atomic E-state index is -0.119. The van der Waals surface area contributed by atoms with Crippen LogP contribution in [0.4, 0.5) is 0 Å². The summed E-state index contributed by atoms with van der Waals surface area (Å²) in [6, 6.07) is 11.1. The van der Waals surface area contributed by atoms with Crippen molar-refractivity contribution in [3.8, 4) is 0 Å². The van der Waals surface area contributed by atoms with E-state index in [9.17, 15) is 9.59 Å². The van der Waals surface area contributed by atoms with Gasteiger partial charge in [0, 0.05) is 11.4 Å². The van der Waals surface area contributed by atoms with Crippen molar-refractivity contribution < 1.29 is 4.79 Å². The number of carbonyl (C=O) groups excluding carboxylic acids is 1. The van der Waals surface area contributed by atoms with Gasteiger partial charge in [0.15, 0.2) is 5.16 Å². The Morgan fingerprint density at radius 2 is 2.16 bits per heavy atom. The summed E-state index contributed by atoms with van der Waals surface area (Å²) in [6.07, 6.45) is 1.65. The van der Waals surface area contributed by atoms with Crippen LogP contribution in [0.5, 0.6) is 0 Å². The van der Waals surface area contributed by atoms with Crippen LogP contribution in [0.25, 0.3) is 10.9 Å². The molecule has 1 amide bonds. The molecule has 7 heteroatoms. The number of aromatic nitrogens is 2. The second-order valence-corrected chi connectivity index (χ2v) is 7.24. The third-order valence-corrected chi connectivity index (χ3v) is 5.36. The van der Waals surface area contributed by atoms with Crippen molar-refractivity contribution in [2.45, 2.75) is 18.2 Å². The van der Waals surface area contributed by atoms with E-state index in [0.29, 0.717) is 29.1 Å². The number of thiophene rings is 1. The topological polar surface area (TPSA) is 64.0 Å². The molecule has 25 heavy (non-hydrogen) atoms. The van der Waals surface area contributed by atoms with E-state index >= 15 is 0 Å². The first-order valence-electron chi connectivity index (χ1n) is 7.71. The molecule has 3 aromatic rings. The van der Waals surface area contributed by atoms with Crippen molar-refractivity contribution in [1.29, 1.82) is 0 Å². The molecule has 3 rings (SSSR count). The first-order valence-corrected chi connectivity index (χ1v) is 9.58. The number of benzene rings is 1. The van der Waals surface area contributed by atoms with Gasteiger partial charge in [-0.15, -0.1) is 17.9 Å². The Morgan fingerprint density at radius 1 is 1.32 bits per heavy atom. The van der Waals surface area contributed by atoms with Crippen LogP contribution in [-0.4, -0.2) is 21.2 Å². The highest BCUT2D eigenvalue weighted by molar-refractivity contribution is 7.99. The largest absolute Gasteiger partial charge is 0.350 e. The minimum absolute atomic E-state index is 0.0917. The molecule has 0 unspecified atom stereocenters. The SMILES string of the molecule is C=CCn1c(SCC(=O)NCc2cccs2)nc2ccccc2c1=O. The van der Waals surface area contributed by atoms with Crippen LogP contribution in [0, 0.1) is 0 Å². The standard InChI is InChI=1S/C18H17N3O2S2/c1-2-9-21-17(23)14-7-3-4-8-15(14)20-18(21)25-12-16(22)19-11-13-6-5-10-24-13/h2-8,10H,1,9,11-12H2,(H,19,22). The van der Waals surface area contributed by atoms with E-state index < -0.39 is 0 Å². The van der Waals surface area contributed by atoms with Crippen molar-refractivity contribution in [3.05, 3.63) is 69.7 Å². The fraction of sp³-hybridized carbons (Fsp3) is 0.167. The van der Waals surface area contributed by atoms with Gasteiger partial charge in [0.2, 0.25) is 5.91 Å². The molecule has 0 aliphatic heterocycles. The molecular formula is C18H17N3O2S2. The smallest absolute Gasteiger partial charge is 0.262 e. The van der Waals surface area contributed by atoms with Crippen molar-refractivity contribution in [2.75, 3.05) is 5.75 Å². The van der Waals surface area contributed by atoms with E-state index in [1.54, 1.807) is 34.1 Å². The molecular weight excluding hydrogens is 354 g/mol. The number of hydrogen-bond donors (Lipinski definition) is 1. The summed E-state index contributed by atoms with van der Waals surface area (Å²) in [5.74, 6) is 0.110. The molecule has 0 spiro atoms. The second-order valence-electron chi connectivity index (χ2n) is 5.26. The van der Waals surface area contributed by atoms with Gasteiger partial charge in [0.25, 0.3) is 5.56 Å². The molecule has 1 aromatic carbocycles. The quantitative estimate of drug-likeness (QED) is 0.394. The van der Waals surface area contributed by atoms with Gasteiger partial charge in [0.05, 0.1) is 23.2 Å². The Morgan fingerprint density at radius 3 is 2.92 bits per heavy atom. The summed E-state index contributed by atoms with van der Waals surface area (Å²) >= 11 is 2.86. The Hall–Kier alpha value is -2.38. The number of fused-ring (bicyclic) bond motifs is 1. The lowest BCUT2D eigenvalue weighted by atomic mass is 10.2. The Kier molecular flexibility index (Phi) is 5.67. The molecule has 5 nitrogen and oxygen atoms in total. The number of rotatable bonds is 7. The summed E-state index contributed by atoms with van der Waals surface area (Å²) in [5, 5.41) is 5.94. The van der Waals surface area contributed by atoms with E-state index in [0.717, 1.165) is 4.88 Å². The van der Waals surface area contributed by atoms with Gasteiger partial charge in [-0.2, -0.15) is 0 Å². The summed E-state index contributed by atoms with van der Waals surface area (Å²) < 4.78 is 1.55. The van der Waals surface area contributed by atoms with Crippen LogP contribution in [0.2, 0.25) is 0 Å². The number of hydrogen-bond acceptors (Lipinski definition) is 5. The molecule has 0 saturated heterocycles. The zero-order chi connectivity index (χ0) is 17.6. The summed E-state index contributed by atoms with van der Waals surface area (Å²) in [5.41, 5.74) is 0.515. The number of nitrogens with one attached hydrogen (secondary N) is 1.